The zero-order chi connectivity index (χ0) is 19.9. The number of fused-ring (bicyclic) bond motifs is 1. The number of rotatable bonds is 3. The maximum Gasteiger partial charge on any atom is 0.256 e. The molecule has 0 unspecified atom stereocenters. The van der Waals surface area contributed by atoms with Crippen LogP contribution in [0.3, 0.4) is 0 Å². The Kier molecular flexibility index (Phi) is 7.26. The van der Waals surface area contributed by atoms with Gasteiger partial charge in [0.25, 0.3) is 11.8 Å². The van der Waals surface area contributed by atoms with Gasteiger partial charge < -0.3 is 11.1 Å². The summed E-state index contributed by atoms with van der Waals surface area (Å²) < 4.78 is 0. The Morgan fingerprint density at radius 2 is 1.46 bits per heavy atom. The number of amides is 2. The third-order valence-corrected chi connectivity index (χ3v) is 6.67. The van der Waals surface area contributed by atoms with Crippen LogP contribution >= 0.6 is 11.3 Å². The summed E-state index contributed by atoms with van der Waals surface area (Å²) in [6.45, 7) is 1.99. The van der Waals surface area contributed by atoms with Gasteiger partial charge in [-0.1, -0.05) is 56.2 Å². The molecule has 3 N–H and O–H groups in total. The lowest BCUT2D eigenvalue weighted by Crippen LogP contribution is -2.18. The Bertz CT molecular complexity index is 824. The van der Waals surface area contributed by atoms with Crippen LogP contribution in [0.1, 0.15) is 88.1 Å². The highest BCUT2D eigenvalue weighted by Gasteiger charge is 2.23. The fourth-order valence-corrected chi connectivity index (χ4v) is 5.15. The van der Waals surface area contributed by atoms with E-state index < -0.39 is 5.91 Å². The first-order valence-corrected chi connectivity index (χ1v) is 11.2. The van der Waals surface area contributed by atoms with E-state index in [1.54, 1.807) is 12.1 Å². The van der Waals surface area contributed by atoms with Crippen molar-refractivity contribution < 1.29 is 9.59 Å². The lowest BCUT2D eigenvalue weighted by atomic mass is 9.97. The summed E-state index contributed by atoms with van der Waals surface area (Å²) in [5.74, 6) is -0.636. The topological polar surface area (TPSA) is 72.2 Å². The van der Waals surface area contributed by atoms with E-state index in [0.29, 0.717) is 16.1 Å². The van der Waals surface area contributed by atoms with Crippen molar-refractivity contribution in [3.63, 3.8) is 0 Å². The van der Waals surface area contributed by atoms with Gasteiger partial charge in [0.15, 0.2) is 0 Å². The molecule has 2 amide bonds. The number of thiophene rings is 1. The molecule has 0 fully saturated rings. The van der Waals surface area contributed by atoms with Gasteiger partial charge in [-0.15, -0.1) is 11.3 Å². The van der Waals surface area contributed by atoms with Gasteiger partial charge >= 0.3 is 0 Å². The lowest BCUT2D eigenvalue weighted by molar-refractivity contribution is 0.100. The van der Waals surface area contributed by atoms with E-state index in [4.69, 9.17) is 5.73 Å². The van der Waals surface area contributed by atoms with Crippen molar-refractivity contribution in [3.8, 4) is 0 Å². The Morgan fingerprint density at radius 1 is 0.893 bits per heavy atom. The van der Waals surface area contributed by atoms with Crippen molar-refractivity contribution in [2.24, 2.45) is 5.73 Å². The Morgan fingerprint density at radius 3 is 2.07 bits per heavy atom. The predicted molar refractivity (Wildman–Crippen MR) is 116 cm³/mol. The molecule has 2 aromatic rings. The first-order valence-electron chi connectivity index (χ1n) is 10.4. The van der Waals surface area contributed by atoms with Crippen molar-refractivity contribution in [2.75, 3.05) is 5.32 Å². The minimum absolute atomic E-state index is 0.195. The number of nitrogens with one attached hydrogen (secondary N) is 1. The van der Waals surface area contributed by atoms with Crippen LogP contribution < -0.4 is 11.1 Å². The molecule has 1 aliphatic rings. The third-order valence-electron chi connectivity index (χ3n) is 5.46. The average Bonchev–Trinajstić information content (AvgIpc) is 2.99. The number of aryl methyl sites for hydroxylation is 2. The molecule has 3 rings (SSSR count). The van der Waals surface area contributed by atoms with Crippen molar-refractivity contribution in [1.29, 1.82) is 0 Å². The quantitative estimate of drug-likeness (QED) is 0.703. The van der Waals surface area contributed by atoms with Crippen LogP contribution in [0.2, 0.25) is 0 Å². The van der Waals surface area contributed by atoms with Gasteiger partial charge in [0.1, 0.15) is 5.00 Å². The number of hydrogen-bond acceptors (Lipinski definition) is 3. The van der Waals surface area contributed by atoms with Crippen LogP contribution in [-0.4, -0.2) is 11.8 Å². The van der Waals surface area contributed by atoms with Crippen molar-refractivity contribution >= 4 is 28.2 Å². The van der Waals surface area contributed by atoms with Crippen molar-refractivity contribution in [1.82, 2.24) is 0 Å². The van der Waals surface area contributed by atoms with Crippen LogP contribution in [0.5, 0.6) is 0 Å². The highest BCUT2D eigenvalue weighted by molar-refractivity contribution is 7.17. The number of carbonyl (C=O) groups excluding carboxylic acids is 2. The smallest absolute Gasteiger partial charge is 0.256 e. The maximum absolute atomic E-state index is 12.7. The number of carbonyl (C=O) groups is 2. The van der Waals surface area contributed by atoms with Crippen molar-refractivity contribution in [2.45, 2.75) is 71.1 Å². The van der Waals surface area contributed by atoms with Crippen molar-refractivity contribution in [3.05, 3.63) is 51.4 Å². The van der Waals surface area contributed by atoms with Crippen LogP contribution in [0.15, 0.2) is 24.3 Å². The summed E-state index contributed by atoms with van der Waals surface area (Å²) in [7, 11) is 0. The van der Waals surface area contributed by atoms with E-state index >= 15 is 0 Å². The summed E-state index contributed by atoms with van der Waals surface area (Å²) in [5, 5.41) is 3.57. The largest absolute Gasteiger partial charge is 0.365 e. The molecule has 28 heavy (non-hydrogen) atoms. The third kappa shape index (κ3) is 5.22. The zero-order valence-electron chi connectivity index (χ0n) is 16.7. The fourth-order valence-electron chi connectivity index (χ4n) is 3.86. The molecule has 0 spiro atoms. The molecule has 1 aromatic carbocycles. The molecule has 0 saturated carbocycles. The molecule has 0 aliphatic heterocycles. The molecule has 0 radical (unpaired) electrons. The second kappa shape index (κ2) is 9.87. The van der Waals surface area contributed by atoms with E-state index in [1.165, 1.54) is 54.7 Å². The highest BCUT2D eigenvalue weighted by Crippen LogP contribution is 2.36. The number of primary amides is 1. The molecule has 0 saturated heterocycles. The van der Waals surface area contributed by atoms with Crippen LogP contribution in [-0.2, 0) is 12.8 Å². The minimum Gasteiger partial charge on any atom is -0.365 e. The minimum atomic E-state index is -0.441. The maximum atomic E-state index is 12.7. The standard InChI is InChI=1S/C23H30N2O2S/c1-16-12-14-17(15-13-16)22(27)25-23-20(21(24)26)18-10-8-6-4-2-3-5-7-9-11-19(18)28-23/h12-15H,2-11H2,1H3,(H2,24,26)(H,25,27). The Balaban J connectivity index is 1.87. The van der Waals surface area contributed by atoms with E-state index in [1.807, 2.05) is 19.1 Å². The molecule has 150 valence electrons. The van der Waals surface area contributed by atoms with E-state index in [9.17, 15) is 9.59 Å². The number of benzene rings is 1. The van der Waals surface area contributed by atoms with Gasteiger partial charge in [0, 0.05) is 10.4 Å². The average molecular weight is 399 g/mol. The normalized spacial score (nSPS) is 15.8. The van der Waals surface area contributed by atoms with Gasteiger partial charge in [-0.3, -0.25) is 9.59 Å². The highest BCUT2D eigenvalue weighted by atomic mass is 32.1. The number of hydrogen-bond donors (Lipinski definition) is 2. The molecule has 5 heteroatoms. The summed E-state index contributed by atoms with van der Waals surface area (Å²) in [6.07, 6.45) is 11.6. The first-order chi connectivity index (χ1) is 13.6. The van der Waals surface area contributed by atoms with E-state index in [0.717, 1.165) is 36.8 Å². The second-order valence-corrected chi connectivity index (χ2v) is 8.83. The second-order valence-electron chi connectivity index (χ2n) is 7.72. The molecule has 0 bridgehead atoms. The number of nitrogens with two attached hydrogens (primary N) is 1. The monoisotopic (exact) mass is 398 g/mol. The van der Waals surface area contributed by atoms with Gasteiger partial charge in [-0.25, -0.2) is 0 Å². The molecular weight excluding hydrogens is 368 g/mol. The molecule has 1 heterocycles. The molecule has 1 aromatic heterocycles. The molecule has 1 aliphatic carbocycles. The van der Waals surface area contributed by atoms with E-state index in [-0.39, 0.29) is 5.91 Å². The van der Waals surface area contributed by atoms with Crippen LogP contribution in [0.4, 0.5) is 5.00 Å². The van der Waals surface area contributed by atoms with Gasteiger partial charge in [-0.2, -0.15) is 0 Å². The lowest BCUT2D eigenvalue weighted by Gasteiger charge is -2.09. The molecule has 0 atom stereocenters. The Hall–Kier alpha value is -2.14. The molecular formula is C23H30N2O2S. The SMILES string of the molecule is Cc1ccc(C(=O)Nc2sc3c(c2C(N)=O)CCCCCCCCCC3)cc1. The summed E-state index contributed by atoms with van der Waals surface area (Å²) >= 11 is 1.53. The molecule has 4 nitrogen and oxygen atoms in total. The van der Waals surface area contributed by atoms with Gasteiger partial charge in [0.05, 0.1) is 5.56 Å². The predicted octanol–water partition coefficient (Wildman–Crippen LogP) is 5.63. The van der Waals surface area contributed by atoms with Gasteiger partial charge in [-0.05, 0) is 50.3 Å². The van der Waals surface area contributed by atoms with Gasteiger partial charge in [0.2, 0.25) is 0 Å². The van der Waals surface area contributed by atoms with E-state index in [2.05, 4.69) is 5.32 Å². The number of anilines is 1. The summed E-state index contributed by atoms with van der Waals surface area (Å²) in [4.78, 5) is 26.2. The Labute approximate surface area is 171 Å². The summed E-state index contributed by atoms with van der Waals surface area (Å²) in [5.41, 5.74) is 9.03. The summed E-state index contributed by atoms with van der Waals surface area (Å²) in [6, 6.07) is 7.44. The fraction of sp³-hybridized carbons (Fsp3) is 0.478. The zero-order valence-corrected chi connectivity index (χ0v) is 17.5. The van der Waals surface area contributed by atoms with Crippen LogP contribution in [0.25, 0.3) is 0 Å². The van der Waals surface area contributed by atoms with Crippen LogP contribution in [0, 0.1) is 6.92 Å². The first kappa shape index (κ1) is 20.6.